The van der Waals surface area contributed by atoms with Gasteiger partial charge in [-0.2, -0.15) is 0 Å². The van der Waals surface area contributed by atoms with Crippen molar-refractivity contribution in [2.24, 2.45) is 5.73 Å². The molecule has 1 aromatic heterocycles. The van der Waals surface area contributed by atoms with Gasteiger partial charge in [-0.3, -0.25) is 9.59 Å². The lowest BCUT2D eigenvalue weighted by atomic mass is 9.97. The second-order valence-electron chi connectivity index (χ2n) is 4.72. The summed E-state index contributed by atoms with van der Waals surface area (Å²) < 4.78 is 0. The van der Waals surface area contributed by atoms with Crippen molar-refractivity contribution >= 4 is 17.7 Å². The molecule has 7 heteroatoms. The molecule has 0 saturated heterocycles. The maximum Gasteiger partial charge on any atom is 0.323 e. The van der Waals surface area contributed by atoms with Crippen LogP contribution in [0.5, 0.6) is 0 Å². The van der Waals surface area contributed by atoms with Crippen molar-refractivity contribution in [3.05, 3.63) is 22.1 Å². The first-order valence-electron chi connectivity index (χ1n) is 6.04. The highest BCUT2D eigenvalue weighted by Crippen LogP contribution is 2.16. The molecule has 0 spiro atoms. The summed E-state index contributed by atoms with van der Waals surface area (Å²) in [5.74, 6) is -0.216. The highest BCUT2D eigenvalue weighted by Gasteiger charge is 2.26. The summed E-state index contributed by atoms with van der Waals surface area (Å²) in [6.07, 6.45) is 1.98. The second-order valence-corrected chi connectivity index (χ2v) is 5.80. The van der Waals surface area contributed by atoms with Gasteiger partial charge in [0.05, 0.1) is 0 Å². The van der Waals surface area contributed by atoms with Gasteiger partial charge in [0.25, 0.3) is 5.56 Å². The highest BCUT2D eigenvalue weighted by molar-refractivity contribution is 7.99. The number of hydrogen-bond acceptors (Lipinski definition) is 5. The molecular formula is C12H19N3O3S. The normalized spacial score (nSPS) is 14.1. The van der Waals surface area contributed by atoms with E-state index < -0.39 is 11.5 Å². The van der Waals surface area contributed by atoms with E-state index in [0.29, 0.717) is 17.3 Å². The van der Waals surface area contributed by atoms with Crippen LogP contribution < -0.4 is 11.3 Å². The molecule has 0 bridgehead atoms. The molecule has 106 valence electrons. The predicted molar refractivity (Wildman–Crippen MR) is 74.4 cm³/mol. The molecule has 0 aliphatic rings. The summed E-state index contributed by atoms with van der Waals surface area (Å²) in [4.78, 5) is 28.9. The topological polar surface area (TPSA) is 109 Å². The third kappa shape index (κ3) is 5.44. The van der Waals surface area contributed by atoms with Gasteiger partial charge < -0.3 is 15.8 Å². The average Bonchev–Trinajstić information content (AvgIpc) is 2.26. The van der Waals surface area contributed by atoms with E-state index in [4.69, 9.17) is 10.8 Å². The Kier molecular flexibility index (Phi) is 5.56. The number of nitrogens with zero attached hydrogens (tertiary/aromatic N) is 1. The Morgan fingerprint density at radius 1 is 1.58 bits per heavy atom. The van der Waals surface area contributed by atoms with Crippen LogP contribution in [0.2, 0.25) is 0 Å². The number of carbonyl (C=O) groups is 1. The van der Waals surface area contributed by atoms with Gasteiger partial charge in [0, 0.05) is 17.5 Å². The molecule has 0 fully saturated rings. The Morgan fingerprint density at radius 2 is 2.26 bits per heavy atom. The van der Waals surface area contributed by atoms with Crippen molar-refractivity contribution in [1.82, 2.24) is 9.97 Å². The van der Waals surface area contributed by atoms with E-state index in [1.807, 2.05) is 0 Å². The minimum Gasteiger partial charge on any atom is -0.480 e. The zero-order valence-corrected chi connectivity index (χ0v) is 11.9. The number of H-pyrrole nitrogens is 1. The van der Waals surface area contributed by atoms with E-state index in [2.05, 4.69) is 9.97 Å². The van der Waals surface area contributed by atoms with Gasteiger partial charge in [-0.05, 0) is 26.7 Å². The molecule has 4 N–H and O–H groups in total. The number of unbranched alkanes of at least 4 members (excludes halogenated alkanes) is 1. The maximum absolute atomic E-state index is 11.2. The number of carboxylic acids is 1. The molecule has 1 rings (SSSR count). The minimum atomic E-state index is -1.17. The first-order chi connectivity index (χ1) is 8.81. The average molecular weight is 285 g/mol. The Bertz CT molecular complexity index is 499. The zero-order chi connectivity index (χ0) is 14.5. The monoisotopic (exact) mass is 285 g/mol. The lowest BCUT2D eigenvalue weighted by molar-refractivity contribution is -0.142. The van der Waals surface area contributed by atoms with Crippen LogP contribution in [-0.2, 0) is 4.79 Å². The van der Waals surface area contributed by atoms with Gasteiger partial charge in [-0.15, -0.1) is 0 Å². The van der Waals surface area contributed by atoms with E-state index in [-0.39, 0.29) is 5.56 Å². The predicted octanol–water partition coefficient (Wildman–Crippen LogP) is 1.14. The largest absolute Gasteiger partial charge is 0.480 e. The van der Waals surface area contributed by atoms with Crippen molar-refractivity contribution in [3.8, 4) is 0 Å². The van der Waals surface area contributed by atoms with Crippen molar-refractivity contribution in [2.75, 3.05) is 5.75 Å². The third-order valence-corrected chi connectivity index (χ3v) is 3.63. The SMILES string of the molecule is Cc1cc(=O)[nH]c(SCCCCC(C)(N)C(=O)O)n1. The van der Waals surface area contributed by atoms with Crippen molar-refractivity contribution < 1.29 is 9.90 Å². The van der Waals surface area contributed by atoms with Crippen LogP contribution in [0.25, 0.3) is 0 Å². The van der Waals surface area contributed by atoms with Crippen molar-refractivity contribution in [2.45, 2.75) is 43.8 Å². The fourth-order valence-electron chi connectivity index (χ4n) is 1.49. The summed E-state index contributed by atoms with van der Waals surface area (Å²) >= 11 is 1.45. The number of hydrogen-bond donors (Lipinski definition) is 3. The first kappa shape index (κ1) is 15.7. The summed E-state index contributed by atoms with van der Waals surface area (Å²) in [7, 11) is 0. The van der Waals surface area contributed by atoms with Gasteiger partial charge in [0.15, 0.2) is 5.16 Å². The fourth-order valence-corrected chi connectivity index (χ4v) is 2.41. The summed E-state index contributed by atoms with van der Waals surface area (Å²) in [6.45, 7) is 3.29. The van der Waals surface area contributed by atoms with Crippen LogP contribution in [0.15, 0.2) is 16.0 Å². The molecular weight excluding hydrogens is 266 g/mol. The molecule has 1 atom stereocenters. The Labute approximate surface area is 115 Å². The maximum atomic E-state index is 11.2. The first-order valence-corrected chi connectivity index (χ1v) is 7.03. The summed E-state index contributed by atoms with van der Waals surface area (Å²) in [6, 6.07) is 1.44. The summed E-state index contributed by atoms with van der Waals surface area (Å²) in [5, 5.41) is 9.45. The highest BCUT2D eigenvalue weighted by atomic mass is 32.2. The number of nitrogens with two attached hydrogens (primary N) is 1. The van der Waals surface area contributed by atoms with Gasteiger partial charge in [0.2, 0.25) is 0 Å². The van der Waals surface area contributed by atoms with Crippen LogP contribution in [0.3, 0.4) is 0 Å². The van der Waals surface area contributed by atoms with Gasteiger partial charge in [-0.25, -0.2) is 4.98 Å². The van der Waals surface area contributed by atoms with E-state index in [1.165, 1.54) is 24.8 Å². The van der Waals surface area contributed by atoms with Gasteiger partial charge in [0.1, 0.15) is 5.54 Å². The van der Waals surface area contributed by atoms with E-state index in [9.17, 15) is 9.59 Å². The number of aliphatic carboxylic acids is 1. The molecule has 1 heterocycles. The fraction of sp³-hybridized carbons (Fsp3) is 0.583. The molecule has 19 heavy (non-hydrogen) atoms. The molecule has 0 amide bonds. The number of aromatic amines is 1. The molecule has 0 aromatic carbocycles. The number of thioether (sulfide) groups is 1. The standard InChI is InChI=1S/C12H19N3O3S/c1-8-7-9(16)15-11(14-8)19-6-4-3-5-12(2,13)10(17)18/h7H,3-6,13H2,1-2H3,(H,17,18)(H,14,15,16). The minimum absolute atomic E-state index is 0.157. The smallest absolute Gasteiger partial charge is 0.323 e. The van der Waals surface area contributed by atoms with Crippen molar-refractivity contribution in [3.63, 3.8) is 0 Å². The van der Waals surface area contributed by atoms with E-state index >= 15 is 0 Å². The molecule has 1 aromatic rings. The molecule has 0 aliphatic heterocycles. The van der Waals surface area contributed by atoms with Gasteiger partial charge >= 0.3 is 5.97 Å². The Balaban J connectivity index is 2.32. The zero-order valence-electron chi connectivity index (χ0n) is 11.1. The lowest BCUT2D eigenvalue weighted by Gasteiger charge is -2.18. The molecule has 0 aliphatic carbocycles. The second kappa shape index (κ2) is 6.72. The van der Waals surface area contributed by atoms with Crippen LogP contribution in [0.1, 0.15) is 31.9 Å². The number of aryl methyl sites for hydroxylation is 1. The van der Waals surface area contributed by atoms with Crippen LogP contribution >= 0.6 is 11.8 Å². The molecule has 0 saturated carbocycles. The van der Waals surface area contributed by atoms with E-state index in [0.717, 1.165) is 18.6 Å². The number of aromatic nitrogens is 2. The quantitative estimate of drug-likeness (QED) is 0.394. The number of rotatable bonds is 7. The number of nitrogens with one attached hydrogen (secondary N) is 1. The third-order valence-electron chi connectivity index (χ3n) is 2.67. The summed E-state index contributed by atoms with van der Waals surface area (Å²) in [5.41, 5.74) is 4.99. The van der Waals surface area contributed by atoms with Gasteiger partial charge in [-0.1, -0.05) is 18.2 Å². The lowest BCUT2D eigenvalue weighted by Crippen LogP contribution is -2.44. The Morgan fingerprint density at radius 3 is 2.84 bits per heavy atom. The van der Waals surface area contributed by atoms with Crippen molar-refractivity contribution in [1.29, 1.82) is 0 Å². The van der Waals surface area contributed by atoms with Crippen LogP contribution in [0.4, 0.5) is 0 Å². The van der Waals surface area contributed by atoms with Crippen LogP contribution in [-0.4, -0.2) is 32.3 Å². The molecule has 0 radical (unpaired) electrons. The Hall–Kier alpha value is -1.34. The van der Waals surface area contributed by atoms with Crippen LogP contribution in [0, 0.1) is 6.92 Å². The molecule has 6 nitrogen and oxygen atoms in total. The number of carboxylic acid groups (broad SMARTS) is 1. The van der Waals surface area contributed by atoms with E-state index in [1.54, 1.807) is 6.92 Å². The molecule has 1 unspecified atom stereocenters.